The first-order valence-corrected chi connectivity index (χ1v) is 22.2. The predicted octanol–water partition coefficient (Wildman–Crippen LogP) is 3.95. The van der Waals surface area contributed by atoms with Crippen LogP contribution in [0.4, 0.5) is 13.2 Å². The molecule has 192 valence electrons. The average Bonchev–Trinajstić information content (AvgIpc) is 3.16. The van der Waals surface area contributed by atoms with Crippen molar-refractivity contribution in [3.63, 3.8) is 0 Å². The van der Waals surface area contributed by atoms with Gasteiger partial charge in [-0.15, -0.1) is 0 Å². The van der Waals surface area contributed by atoms with E-state index < -0.39 is 41.1 Å². The first-order chi connectivity index (χ1) is 15.6. The van der Waals surface area contributed by atoms with Crippen molar-refractivity contribution < 1.29 is 27.8 Å². The summed E-state index contributed by atoms with van der Waals surface area (Å²) in [6.45, 7) is 4.76. The minimum absolute atomic E-state index is 0.00753. The van der Waals surface area contributed by atoms with Gasteiger partial charge in [-0.05, 0) is 0 Å². The molecule has 1 saturated carbocycles. The van der Waals surface area contributed by atoms with Crippen LogP contribution in [0.2, 0.25) is 14.8 Å². The van der Waals surface area contributed by atoms with E-state index in [4.69, 9.17) is 4.74 Å². The third-order valence-electron chi connectivity index (χ3n) is 7.45. The molecule has 1 aliphatic heterocycles. The van der Waals surface area contributed by atoms with Gasteiger partial charge in [-0.2, -0.15) is 0 Å². The molecule has 0 radical (unpaired) electrons. The number of benzene rings is 1. The van der Waals surface area contributed by atoms with Crippen molar-refractivity contribution in [3.8, 4) is 0 Å². The third-order valence-corrected chi connectivity index (χ3v) is 13.2. The van der Waals surface area contributed by atoms with Gasteiger partial charge in [0.15, 0.2) is 0 Å². The molecule has 3 rings (SSSR count). The number of alkyl halides is 3. The maximum absolute atomic E-state index is 13.5. The summed E-state index contributed by atoms with van der Waals surface area (Å²) in [5.74, 6) is -0.297. The molecular formula is C25H39F3N2O3Sn. The van der Waals surface area contributed by atoms with Crippen LogP contribution in [0.5, 0.6) is 0 Å². The fraction of sp³-hybridized carbons (Fsp3) is 0.720. The zero-order valence-electron chi connectivity index (χ0n) is 20.9. The number of rotatable bonds is 7. The van der Waals surface area contributed by atoms with Crippen LogP contribution >= 0.6 is 0 Å². The fourth-order valence-electron chi connectivity index (χ4n) is 5.17. The number of carbonyl (C=O) groups excluding carboxylic acids is 1. The van der Waals surface area contributed by atoms with Gasteiger partial charge in [0.2, 0.25) is 0 Å². The molecule has 0 aromatic heterocycles. The Bertz CT molecular complexity index is 841. The Morgan fingerprint density at radius 2 is 1.76 bits per heavy atom. The Labute approximate surface area is 205 Å². The van der Waals surface area contributed by atoms with E-state index in [1.54, 1.807) is 13.8 Å². The summed E-state index contributed by atoms with van der Waals surface area (Å²) in [6.07, 6.45) is -0.805. The van der Waals surface area contributed by atoms with E-state index in [1.807, 2.05) is 6.07 Å². The van der Waals surface area contributed by atoms with Gasteiger partial charge in [0.25, 0.3) is 0 Å². The van der Waals surface area contributed by atoms with Crippen molar-refractivity contribution in [1.29, 1.82) is 0 Å². The fourth-order valence-corrected chi connectivity index (χ4v) is 8.61. The third kappa shape index (κ3) is 6.47. The number of hydrogen-bond acceptors (Lipinski definition) is 4. The van der Waals surface area contributed by atoms with Gasteiger partial charge >= 0.3 is 187 Å². The molecule has 2 atom stereocenters. The molecule has 9 heteroatoms. The van der Waals surface area contributed by atoms with Gasteiger partial charge in [-0.25, -0.2) is 0 Å². The van der Waals surface area contributed by atoms with Gasteiger partial charge in [0.05, 0.1) is 0 Å². The number of halogens is 3. The summed E-state index contributed by atoms with van der Waals surface area (Å²) in [5, 5.41) is 17.5. The molecule has 1 aromatic rings. The van der Waals surface area contributed by atoms with E-state index in [9.17, 15) is 23.1 Å². The summed E-state index contributed by atoms with van der Waals surface area (Å²) < 4.78 is 46.8. The summed E-state index contributed by atoms with van der Waals surface area (Å²) in [5.41, 5.74) is -2.47. The summed E-state index contributed by atoms with van der Waals surface area (Å²) in [7, 11) is 0. The minimum atomic E-state index is -4.44. The molecule has 3 N–H and O–H groups in total. The molecule has 1 unspecified atom stereocenters. The quantitative estimate of drug-likeness (QED) is 0.421. The van der Waals surface area contributed by atoms with Crippen LogP contribution in [0.1, 0.15) is 57.1 Å². The molecule has 0 spiro atoms. The van der Waals surface area contributed by atoms with Gasteiger partial charge in [-0.3, -0.25) is 0 Å². The van der Waals surface area contributed by atoms with Crippen LogP contribution in [0.3, 0.4) is 0 Å². The molecule has 1 aliphatic carbocycles. The van der Waals surface area contributed by atoms with Crippen LogP contribution in [0.25, 0.3) is 0 Å². The number of amides is 1. The Morgan fingerprint density at radius 1 is 1.12 bits per heavy atom. The van der Waals surface area contributed by atoms with Crippen molar-refractivity contribution in [1.82, 2.24) is 10.6 Å². The summed E-state index contributed by atoms with van der Waals surface area (Å²) in [4.78, 5) is 19.7. The van der Waals surface area contributed by atoms with E-state index in [2.05, 4.69) is 25.5 Å². The second-order valence-electron chi connectivity index (χ2n) is 11.5. The second kappa shape index (κ2) is 10.3. The SMILES string of the molecule is CC(C)(O)[C@]1(C(=O)NCc2cc(C(F)(F)F)c[c]([Sn]([CH3])([CH3])[CH3])c2)CCC(NC2CCOCC2)C1. The molecule has 5 nitrogen and oxygen atoms in total. The van der Waals surface area contributed by atoms with E-state index in [0.717, 1.165) is 42.1 Å². The molecule has 34 heavy (non-hydrogen) atoms. The molecule has 0 bridgehead atoms. The van der Waals surface area contributed by atoms with Crippen LogP contribution in [0, 0.1) is 5.41 Å². The van der Waals surface area contributed by atoms with E-state index in [-0.39, 0.29) is 18.5 Å². The number of ether oxygens (including phenoxy) is 1. The second-order valence-corrected chi connectivity index (χ2v) is 26.0. The number of aliphatic hydroxyl groups is 1. The van der Waals surface area contributed by atoms with E-state index >= 15 is 0 Å². The van der Waals surface area contributed by atoms with Crippen LogP contribution in [-0.4, -0.2) is 60.3 Å². The van der Waals surface area contributed by atoms with Crippen LogP contribution < -0.4 is 14.2 Å². The first kappa shape index (κ1) is 27.7. The molecule has 2 fully saturated rings. The molecule has 2 aliphatic rings. The zero-order chi connectivity index (χ0) is 25.4. The topological polar surface area (TPSA) is 70.6 Å². The number of hydrogen-bond donors (Lipinski definition) is 3. The first-order valence-electron chi connectivity index (χ1n) is 12.2. The summed E-state index contributed by atoms with van der Waals surface area (Å²) in [6, 6.07) is 4.65. The Kier molecular flexibility index (Phi) is 8.37. The molecule has 1 amide bonds. The molecule has 1 saturated heterocycles. The molecule has 1 aromatic carbocycles. The van der Waals surface area contributed by atoms with Gasteiger partial charge < -0.3 is 4.74 Å². The predicted molar refractivity (Wildman–Crippen MR) is 130 cm³/mol. The number of nitrogens with one attached hydrogen (secondary N) is 2. The monoisotopic (exact) mass is 592 g/mol. The molecule has 1 heterocycles. The van der Waals surface area contributed by atoms with Crippen LogP contribution in [0.15, 0.2) is 18.2 Å². The van der Waals surface area contributed by atoms with Gasteiger partial charge in [0.1, 0.15) is 0 Å². The summed E-state index contributed by atoms with van der Waals surface area (Å²) >= 11 is -2.79. The zero-order valence-corrected chi connectivity index (χ0v) is 23.8. The van der Waals surface area contributed by atoms with Gasteiger partial charge in [0, 0.05) is 13.2 Å². The van der Waals surface area contributed by atoms with Crippen molar-refractivity contribution in [2.24, 2.45) is 5.41 Å². The van der Waals surface area contributed by atoms with E-state index in [0.29, 0.717) is 24.4 Å². The standard InChI is InChI=1S/C22H30F3N2O3.3CH3.Sn/c1-20(2,29)21(9-6-18(13-21)27-17-7-10-30-11-8-17)19(28)26-14-15-4-3-5-16(12-15)22(23,24)25;;;;/h4-5,12,17-18,27,29H,6-11,13-14H2,1-2H3,(H,26,28);3*1H3;/t18?,21-;;;;/m1..../s1. The van der Waals surface area contributed by atoms with Crippen molar-refractivity contribution >= 4 is 27.9 Å². The Morgan fingerprint density at radius 3 is 2.32 bits per heavy atom. The Balaban J connectivity index is 1.76. The van der Waals surface area contributed by atoms with Crippen LogP contribution in [-0.2, 0) is 22.3 Å². The Hall–Kier alpha value is -0.841. The normalized spacial score (nSPS) is 24.9. The van der Waals surface area contributed by atoms with Crippen molar-refractivity contribution in [2.45, 2.75) is 91.2 Å². The molecular weight excluding hydrogens is 552 g/mol. The van der Waals surface area contributed by atoms with Crippen molar-refractivity contribution in [2.75, 3.05) is 13.2 Å². The number of carbonyl (C=O) groups is 1. The van der Waals surface area contributed by atoms with Crippen molar-refractivity contribution in [3.05, 3.63) is 29.3 Å². The average molecular weight is 591 g/mol. The van der Waals surface area contributed by atoms with Gasteiger partial charge in [-0.1, -0.05) is 0 Å². The van der Waals surface area contributed by atoms with E-state index in [1.165, 1.54) is 6.07 Å². The maximum atomic E-state index is 13.5.